The Kier molecular flexibility index (Phi) is 3.38. The van der Waals surface area contributed by atoms with Gasteiger partial charge in [0, 0.05) is 12.6 Å². The Morgan fingerprint density at radius 1 is 1.32 bits per heavy atom. The average molecular weight is 261 g/mol. The highest BCUT2D eigenvalue weighted by Crippen LogP contribution is 2.60. The van der Waals surface area contributed by atoms with Gasteiger partial charge in [0.05, 0.1) is 0 Å². The van der Waals surface area contributed by atoms with Crippen LogP contribution in [0, 0.1) is 23.1 Å². The molecule has 19 heavy (non-hydrogen) atoms. The zero-order chi connectivity index (χ0) is 13.5. The van der Waals surface area contributed by atoms with Crippen molar-refractivity contribution in [3.8, 4) is 0 Å². The Bertz CT molecular complexity index is 444. The lowest BCUT2D eigenvalue weighted by Gasteiger charge is -2.32. The number of nitrogens with one attached hydrogen (secondary N) is 1. The molecule has 2 saturated carbocycles. The van der Waals surface area contributed by atoms with Crippen LogP contribution in [-0.4, -0.2) is 12.6 Å². The molecular formula is C17H24FN. The normalized spacial score (nSPS) is 32.6. The minimum Gasteiger partial charge on any atom is -0.314 e. The van der Waals surface area contributed by atoms with Crippen LogP contribution in [0.4, 0.5) is 4.39 Å². The standard InChI is InChI=1S/C17H24FN/c1-12(2)19-11-17(9-14-7-15(14)10-17)8-13-4-3-5-16(18)6-13/h3-6,12,14-15,19H,7-11H2,1-2H3. The Balaban J connectivity index is 1.72. The molecule has 0 bridgehead atoms. The third-order valence-corrected chi connectivity index (χ3v) is 4.81. The molecule has 2 atom stereocenters. The first-order valence-electron chi connectivity index (χ1n) is 7.54. The zero-order valence-electron chi connectivity index (χ0n) is 12.0. The second kappa shape index (κ2) is 4.90. The summed E-state index contributed by atoms with van der Waals surface area (Å²) >= 11 is 0. The molecule has 104 valence electrons. The molecule has 2 fully saturated rings. The van der Waals surface area contributed by atoms with E-state index in [9.17, 15) is 4.39 Å². The molecule has 1 N–H and O–H groups in total. The molecule has 0 aromatic heterocycles. The van der Waals surface area contributed by atoms with E-state index in [2.05, 4.69) is 25.2 Å². The van der Waals surface area contributed by atoms with Gasteiger partial charge in [-0.25, -0.2) is 4.39 Å². The van der Waals surface area contributed by atoms with Gasteiger partial charge in [0.15, 0.2) is 0 Å². The van der Waals surface area contributed by atoms with Crippen LogP contribution >= 0.6 is 0 Å². The maximum atomic E-state index is 13.3. The van der Waals surface area contributed by atoms with Crippen molar-refractivity contribution in [3.05, 3.63) is 35.6 Å². The number of hydrogen-bond acceptors (Lipinski definition) is 1. The van der Waals surface area contributed by atoms with Crippen molar-refractivity contribution in [2.24, 2.45) is 17.3 Å². The largest absolute Gasteiger partial charge is 0.314 e. The summed E-state index contributed by atoms with van der Waals surface area (Å²) in [4.78, 5) is 0. The Labute approximate surface area is 115 Å². The molecule has 2 heteroatoms. The molecule has 1 aromatic rings. The van der Waals surface area contributed by atoms with Crippen LogP contribution in [0.3, 0.4) is 0 Å². The number of rotatable bonds is 5. The molecular weight excluding hydrogens is 237 g/mol. The van der Waals surface area contributed by atoms with Crippen molar-refractivity contribution in [3.63, 3.8) is 0 Å². The summed E-state index contributed by atoms with van der Waals surface area (Å²) in [6, 6.07) is 7.69. The van der Waals surface area contributed by atoms with Crippen LogP contribution in [0.15, 0.2) is 24.3 Å². The monoisotopic (exact) mass is 261 g/mol. The molecule has 0 radical (unpaired) electrons. The maximum Gasteiger partial charge on any atom is 0.123 e. The number of fused-ring (bicyclic) bond motifs is 1. The molecule has 0 saturated heterocycles. The molecule has 1 nitrogen and oxygen atoms in total. The fourth-order valence-electron chi connectivity index (χ4n) is 3.86. The minimum atomic E-state index is -0.104. The summed E-state index contributed by atoms with van der Waals surface area (Å²) in [6.45, 7) is 5.48. The van der Waals surface area contributed by atoms with Crippen molar-refractivity contribution in [1.29, 1.82) is 0 Å². The Hall–Kier alpha value is -0.890. The maximum absolute atomic E-state index is 13.3. The van der Waals surface area contributed by atoms with Gasteiger partial charge in [-0.1, -0.05) is 26.0 Å². The van der Waals surface area contributed by atoms with Crippen LogP contribution < -0.4 is 5.32 Å². The summed E-state index contributed by atoms with van der Waals surface area (Å²) in [7, 11) is 0. The second-order valence-electron chi connectivity index (χ2n) is 7.01. The summed E-state index contributed by atoms with van der Waals surface area (Å²) in [5, 5.41) is 3.61. The Morgan fingerprint density at radius 2 is 2.05 bits per heavy atom. The fraction of sp³-hybridized carbons (Fsp3) is 0.647. The van der Waals surface area contributed by atoms with Gasteiger partial charge < -0.3 is 5.32 Å². The predicted octanol–water partition coefficient (Wildman–Crippen LogP) is 3.78. The van der Waals surface area contributed by atoms with Gasteiger partial charge in [0.1, 0.15) is 5.82 Å². The van der Waals surface area contributed by atoms with Crippen LogP contribution in [0.2, 0.25) is 0 Å². The highest BCUT2D eigenvalue weighted by Gasteiger charge is 2.53. The third kappa shape index (κ3) is 3.00. The molecule has 3 rings (SSSR count). The SMILES string of the molecule is CC(C)NCC1(Cc2cccc(F)c2)CC2CC2C1. The van der Waals surface area contributed by atoms with Gasteiger partial charge in [-0.15, -0.1) is 0 Å². The molecule has 0 aliphatic heterocycles. The molecule has 2 aliphatic rings. The van der Waals surface area contributed by atoms with Crippen molar-refractivity contribution in [2.45, 2.75) is 45.6 Å². The number of hydrogen-bond donors (Lipinski definition) is 1. The number of benzene rings is 1. The first-order valence-corrected chi connectivity index (χ1v) is 7.54. The van der Waals surface area contributed by atoms with E-state index < -0.39 is 0 Å². The second-order valence-corrected chi connectivity index (χ2v) is 7.01. The van der Waals surface area contributed by atoms with E-state index in [0.29, 0.717) is 11.5 Å². The van der Waals surface area contributed by atoms with Crippen molar-refractivity contribution in [1.82, 2.24) is 5.32 Å². The molecule has 2 aliphatic carbocycles. The highest BCUT2D eigenvalue weighted by atomic mass is 19.1. The lowest BCUT2D eigenvalue weighted by molar-refractivity contribution is 0.241. The molecule has 1 aromatic carbocycles. The first-order chi connectivity index (χ1) is 9.06. The highest BCUT2D eigenvalue weighted by molar-refractivity contribution is 5.20. The molecule has 0 amide bonds. The topological polar surface area (TPSA) is 12.0 Å². The molecule has 0 heterocycles. The van der Waals surface area contributed by atoms with Crippen molar-refractivity contribution in [2.75, 3.05) is 6.54 Å². The zero-order valence-corrected chi connectivity index (χ0v) is 12.0. The summed E-state index contributed by atoms with van der Waals surface area (Å²) < 4.78 is 13.3. The number of halogens is 1. The lowest BCUT2D eigenvalue weighted by atomic mass is 9.77. The van der Waals surface area contributed by atoms with Gasteiger partial charge >= 0.3 is 0 Å². The van der Waals surface area contributed by atoms with E-state index in [0.717, 1.165) is 30.4 Å². The van der Waals surface area contributed by atoms with Crippen LogP contribution in [-0.2, 0) is 6.42 Å². The minimum absolute atomic E-state index is 0.104. The van der Waals surface area contributed by atoms with E-state index in [4.69, 9.17) is 0 Å². The average Bonchev–Trinajstić information content (AvgIpc) is 2.95. The van der Waals surface area contributed by atoms with Gasteiger partial charge in [0.25, 0.3) is 0 Å². The summed E-state index contributed by atoms with van der Waals surface area (Å²) in [5.74, 6) is 1.82. The Morgan fingerprint density at radius 3 is 2.68 bits per heavy atom. The van der Waals surface area contributed by atoms with Crippen molar-refractivity contribution >= 4 is 0 Å². The van der Waals surface area contributed by atoms with Crippen LogP contribution in [0.5, 0.6) is 0 Å². The van der Waals surface area contributed by atoms with E-state index in [1.807, 2.05) is 6.07 Å². The molecule has 0 spiro atoms. The first kappa shape index (κ1) is 13.1. The fourth-order valence-corrected chi connectivity index (χ4v) is 3.86. The molecule has 2 unspecified atom stereocenters. The van der Waals surface area contributed by atoms with Crippen molar-refractivity contribution < 1.29 is 4.39 Å². The van der Waals surface area contributed by atoms with E-state index >= 15 is 0 Å². The van der Waals surface area contributed by atoms with E-state index in [-0.39, 0.29) is 5.82 Å². The van der Waals surface area contributed by atoms with E-state index in [1.165, 1.54) is 25.3 Å². The van der Waals surface area contributed by atoms with Gasteiger partial charge in [-0.05, 0) is 60.6 Å². The predicted molar refractivity (Wildman–Crippen MR) is 76.5 cm³/mol. The van der Waals surface area contributed by atoms with Crippen LogP contribution in [0.1, 0.15) is 38.7 Å². The van der Waals surface area contributed by atoms with E-state index in [1.54, 1.807) is 6.07 Å². The van der Waals surface area contributed by atoms with Gasteiger partial charge in [0.2, 0.25) is 0 Å². The summed E-state index contributed by atoms with van der Waals surface area (Å²) in [5.41, 5.74) is 1.53. The van der Waals surface area contributed by atoms with Gasteiger partial charge in [-0.2, -0.15) is 0 Å². The smallest absolute Gasteiger partial charge is 0.123 e. The lowest BCUT2D eigenvalue weighted by Crippen LogP contribution is -2.38. The quantitative estimate of drug-likeness (QED) is 0.850. The summed E-state index contributed by atoms with van der Waals surface area (Å²) in [6.07, 6.45) is 5.12. The van der Waals surface area contributed by atoms with Gasteiger partial charge in [-0.3, -0.25) is 0 Å². The van der Waals surface area contributed by atoms with Crippen LogP contribution in [0.25, 0.3) is 0 Å². The third-order valence-electron chi connectivity index (χ3n) is 4.81.